The maximum absolute atomic E-state index is 12.2. The van der Waals surface area contributed by atoms with Gasteiger partial charge in [0, 0.05) is 11.7 Å². The lowest BCUT2D eigenvalue weighted by Crippen LogP contribution is -2.36. The number of hydrogen-bond acceptors (Lipinski definition) is 4. The van der Waals surface area contributed by atoms with Gasteiger partial charge in [-0.15, -0.1) is 0 Å². The van der Waals surface area contributed by atoms with Gasteiger partial charge in [-0.2, -0.15) is 0 Å². The summed E-state index contributed by atoms with van der Waals surface area (Å²) in [5, 5.41) is 11.5. The number of rotatable bonds is 7. The molecule has 1 aromatic carbocycles. The number of ether oxygens (including phenoxy) is 1. The summed E-state index contributed by atoms with van der Waals surface area (Å²) in [6.45, 7) is 1.93. The number of carbonyl (C=O) groups is 2. The van der Waals surface area contributed by atoms with Gasteiger partial charge in [0.1, 0.15) is 5.75 Å². The minimum absolute atomic E-state index is 0.108. The fraction of sp³-hybridized carbons (Fsp3) is 0.429. The summed E-state index contributed by atoms with van der Waals surface area (Å²) in [5.74, 6) is -0.807. The third kappa shape index (κ3) is 4.46. The van der Waals surface area contributed by atoms with Gasteiger partial charge in [0.15, 0.2) is 0 Å². The Kier molecular flexibility index (Phi) is 5.83. The van der Waals surface area contributed by atoms with E-state index in [1.54, 1.807) is 12.1 Å². The highest BCUT2D eigenvalue weighted by Crippen LogP contribution is 2.19. The van der Waals surface area contributed by atoms with Crippen molar-refractivity contribution < 1.29 is 19.4 Å². The van der Waals surface area contributed by atoms with E-state index in [4.69, 9.17) is 15.6 Å². The maximum Gasteiger partial charge on any atom is 0.305 e. The topological polar surface area (TPSA) is 102 Å². The third-order valence-electron chi connectivity index (χ3n) is 2.90. The first-order chi connectivity index (χ1) is 9.47. The molecule has 0 spiro atoms. The molecule has 1 rings (SSSR count). The Balaban J connectivity index is 2.85. The van der Waals surface area contributed by atoms with Crippen molar-refractivity contribution in [1.82, 2.24) is 5.32 Å². The van der Waals surface area contributed by atoms with Crippen LogP contribution in [0.15, 0.2) is 18.2 Å². The van der Waals surface area contributed by atoms with Gasteiger partial charge in [-0.1, -0.05) is 13.3 Å². The smallest absolute Gasteiger partial charge is 0.305 e. The van der Waals surface area contributed by atoms with Crippen molar-refractivity contribution in [2.45, 2.75) is 32.2 Å². The summed E-state index contributed by atoms with van der Waals surface area (Å²) in [6.07, 6.45) is 1.27. The second kappa shape index (κ2) is 7.37. The van der Waals surface area contributed by atoms with Crippen molar-refractivity contribution in [2.75, 3.05) is 12.8 Å². The monoisotopic (exact) mass is 280 g/mol. The fourth-order valence-electron chi connectivity index (χ4n) is 1.91. The Labute approximate surface area is 117 Å². The summed E-state index contributed by atoms with van der Waals surface area (Å²) in [7, 11) is 1.50. The number of carbonyl (C=O) groups excluding carboxylic acids is 1. The van der Waals surface area contributed by atoms with E-state index in [0.29, 0.717) is 17.9 Å². The fourth-order valence-corrected chi connectivity index (χ4v) is 1.91. The zero-order chi connectivity index (χ0) is 15.1. The number of amides is 1. The number of carboxylic acids is 1. The van der Waals surface area contributed by atoms with E-state index >= 15 is 0 Å². The Hall–Kier alpha value is -2.24. The van der Waals surface area contributed by atoms with E-state index < -0.39 is 12.0 Å². The highest BCUT2D eigenvalue weighted by molar-refractivity contribution is 5.99. The number of nitrogen functional groups attached to an aromatic ring is 1. The largest absolute Gasteiger partial charge is 0.497 e. The highest BCUT2D eigenvalue weighted by Gasteiger charge is 2.18. The molecule has 4 N–H and O–H groups in total. The van der Waals surface area contributed by atoms with Crippen LogP contribution in [-0.4, -0.2) is 30.1 Å². The Morgan fingerprint density at radius 1 is 1.45 bits per heavy atom. The molecule has 0 heterocycles. The average Bonchev–Trinajstić information content (AvgIpc) is 2.38. The Bertz CT molecular complexity index is 488. The normalized spacial score (nSPS) is 11.7. The average molecular weight is 280 g/mol. The number of anilines is 1. The molecule has 6 nitrogen and oxygen atoms in total. The lowest BCUT2D eigenvalue weighted by atomic mass is 10.1. The molecule has 0 aromatic heterocycles. The molecule has 20 heavy (non-hydrogen) atoms. The van der Waals surface area contributed by atoms with Crippen LogP contribution < -0.4 is 15.8 Å². The summed E-state index contributed by atoms with van der Waals surface area (Å²) in [5.41, 5.74) is 6.38. The zero-order valence-corrected chi connectivity index (χ0v) is 11.7. The second-order valence-corrected chi connectivity index (χ2v) is 4.51. The molecule has 6 heteroatoms. The zero-order valence-electron chi connectivity index (χ0n) is 11.7. The van der Waals surface area contributed by atoms with Crippen LogP contribution in [0.3, 0.4) is 0 Å². The van der Waals surface area contributed by atoms with Gasteiger partial charge in [-0.05, 0) is 24.6 Å². The van der Waals surface area contributed by atoms with Crippen molar-refractivity contribution in [3.63, 3.8) is 0 Å². The second-order valence-electron chi connectivity index (χ2n) is 4.51. The van der Waals surface area contributed by atoms with Crippen LogP contribution in [0.2, 0.25) is 0 Å². The van der Waals surface area contributed by atoms with E-state index in [-0.39, 0.29) is 17.9 Å². The van der Waals surface area contributed by atoms with E-state index in [2.05, 4.69) is 5.32 Å². The molecule has 0 aliphatic heterocycles. The molecule has 0 aliphatic carbocycles. The van der Waals surface area contributed by atoms with Crippen molar-refractivity contribution in [1.29, 1.82) is 0 Å². The van der Waals surface area contributed by atoms with Crippen molar-refractivity contribution in [2.24, 2.45) is 0 Å². The lowest BCUT2D eigenvalue weighted by molar-refractivity contribution is -0.137. The number of benzene rings is 1. The minimum Gasteiger partial charge on any atom is -0.497 e. The highest BCUT2D eigenvalue weighted by atomic mass is 16.5. The summed E-state index contributed by atoms with van der Waals surface area (Å²) in [6, 6.07) is 4.37. The number of nitrogens with two attached hydrogens (primary N) is 1. The van der Waals surface area contributed by atoms with Gasteiger partial charge in [0.2, 0.25) is 0 Å². The summed E-state index contributed by atoms with van der Waals surface area (Å²) in [4.78, 5) is 22.9. The molecule has 0 saturated carbocycles. The number of hydrogen-bond donors (Lipinski definition) is 3. The molecule has 1 amide bonds. The number of nitrogens with one attached hydrogen (secondary N) is 1. The van der Waals surface area contributed by atoms with E-state index in [0.717, 1.165) is 6.42 Å². The lowest BCUT2D eigenvalue weighted by Gasteiger charge is -2.17. The van der Waals surface area contributed by atoms with E-state index in [1.807, 2.05) is 6.92 Å². The van der Waals surface area contributed by atoms with Crippen LogP contribution in [-0.2, 0) is 4.79 Å². The number of carboxylic acid groups (broad SMARTS) is 1. The minimum atomic E-state index is -0.942. The summed E-state index contributed by atoms with van der Waals surface area (Å²) >= 11 is 0. The molecule has 1 atom stereocenters. The molecule has 1 unspecified atom stereocenters. The maximum atomic E-state index is 12.2. The first-order valence-electron chi connectivity index (χ1n) is 6.44. The van der Waals surface area contributed by atoms with Crippen LogP contribution in [0.25, 0.3) is 0 Å². The van der Waals surface area contributed by atoms with Gasteiger partial charge >= 0.3 is 5.97 Å². The van der Waals surface area contributed by atoms with Gasteiger partial charge in [0.25, 0.3) is 5.91 Å². The quantitative estimate of drug-likeness (QED) is 0.659. The first-order valence-corrected chi connectivity index (χ1v) is 6.44. The van der Waals surface area contributed by atoms with Crippen LogP contribution >= 0.6 is 0 Å². The van der Waals surface area contributed by atoms with Crippen LogP contribution in [0.5, 0.6) is 5.75 Å². The molecule has 0 saturated heterocycles. The van der Waals surface area contributed by atoms with Crippen molar-refractivity contribution >= 4 is 17.6 Å². The number of aliphatic carboxylic acids is 1. The molecule has 0 bridgehead atoms. The Morgan fingerprint density at radius 3 is 2.70 bits per heavy atom. The van der Waals surface area contributed by atoms with Gasteiger partial charge in [0.05, 0.1) is 19.1 Å². The van der Waals surface area contributed by atoms with Crippen LogP contribution in [0.1, 0.15) is 36.5 Å². The van der Waals surface area contributed by atoms with Gasteiger partial charge < -0.3 is 20.9 Å². The molecule has 110 valence electrons. The molecule has 0 radical (unpaired) electrons. The predicted molar refractivity (Wildman–Crippen MR) is 75.8 cm³/mol. The van der Waals surface area contributed by atoms with Crippen molar-refractivity contribution in [3.05, 3.63) is 23.8 Å². The SMILES string of the molecule is CCCC(CC(=O)O)NC(=O)c1cc(OC)ccc1N. The molecule has 0 fully saturated rings. The predicted octanol–water partition coefficient (Wildman–Crippen LogP) is 1.65. The standard InChI is InChI=1S/C14H20N2O4/c1-3-4-9(7-13(17)18)16-14(19)11-8-10(20-2)5-6-12(11)15/h5-6,8-9H,3-4,7,15H2,1-2H3,(H,16,19)(H,17,18). The summed E-state index contributed by atoms with van der Waals surface area (Å²) < 4.78 is 5.05. The van der Waals surface area contributed by atoms with Crippen molar-refractivity contribution in [3.8, 4) is 5.75 Å². The van der Waals surface area contributed by atoms with Gasteiger partial charge in [-0.25, -0.2) is 0 Å². The Morgan fingerprint density at radius 2 is 2.15 bits per heavy atom. The van der Waals surface area contributed by atoms with Crippen LogP contribution in [0, 0.1) is 0 Å². The van der Waals surface area contributed by atoms with Gasteiger partial charge in [-0.3, -0.25) is 9.59 Å². The molecule has 0 aliphatic rings. The van der Waals surface area contributed by atoms with E-state index in [9.17, 15) is 9.59 Å². The first kappa shape index (κ1) is 15.8. The van der Waals surface area contributed by atoms with Crippen LogP contribution in [0.4, 0.5) is 5.69 Å². The third-order valence-corrected chi connectivity index (χ3v) is 2.90. The molecular weight excluding hydrogens is 260 g/mol. The number of methoxy groups -OCH3 is 1. The van der Waals surface area contributed by atoms with E-state index in [1.165, 1.54) is 13.2 Å². The molecule has 1 aromatic rings. The molecular formula is C14H20N2O4.